The fourth-order valence-electron chi connectivity index (χ4n) is 3.03. The molecule has 6 heteroatoms. The van der Waals surface area contributed by atoms with E-state index < -0.39 is 0 Å². The van der Waals surface area contributed by atoms with Crippen LogP contribution in [0.4, 0.5) is 4.39 Å². The number of nitrogens with zero attached hydrogens (tertiary/aromatic N) is 5. The summed E-state index contributed by atoms with van der Waals surface area (Å²) in [6, 6.07) is 6.91. The molecule has 3 rings (SSSR count). The van der Waals surface area contributed by atoms with Gasteiger partial charge in [-0.2, -0.15) is 10.4 Å². The summed E-state index contributed by atoms with van der Waals surface area (Å²) >= 11 is 0. The zero-order chi connectivity index (χ0) is 15.4. The summed E-state index contributed by atoms with van der Waals surface area (Å²) in [5.74, 6) is -0.363. The molecule has 0 bridgehead atoms. The molecule has 2 heterocycles. The number of rotatable bonds is 4. The average molecular weight is 299 g/mol. The molecule has 1 aromatic heterocycles. The SMILES string of the molecule is N#Cc1cc(F)ccc1CN1CCCC[C@H]1Cn1cncn1. The number of piperidine rings is 1. The van der Waals surface area contributed by atoms with Crippen molar-refractivity contribution in [3.63, 3.8) is 0 Å². The van der Waals surface area contributed by atoms with Crippen molar-refractivity contribution in [1.29, 1.82) is 5.26 Å². The smallest absolute Gasteiger partial charge is 0.137 e. The van der Waals surface area contributed by atoms with E-state index in [2.05, 4.69) is 21.1 Å². The molecule has 114 valence electrons. The van der Waals surface area contributed by atoms with E-state index in [0.29, 0.717) is 18.2 Å². The Morgan fingerprint density at radius 1 is 1.36 bits per heavy atom. The standard InChI is InChI=1S/C16H18FN5/c17-15-5-4-13(14(7-15)8-18)9-21-6-2-1-3-16(21)10-22-12-19-11-20-22/h4-5,7,11-12,16H,1-3,6,9-10H2/t16-/m0/s1. The van der Waals surface area contributed by atoms with E-state index in [0.717, 1.165) is 31.5 Å². The predicted molar refractivity (Wildman–Crippen MR) is 79.2 cm³/mol. The summed E-state index contributed by atoms with van der Waals surface area (Å²) in [6.07, 6.45) is 6.72. The minimum absolute atomic E-state index is 0.363. The van der Waals surface area contributed by atoms with E-state index >= 15 is 0 Å². The van der Waals surface area contributed by atoms with Crippen molar-refractivity contribution in [3.05, 3.63) is 47.8 Å². The summed E-state index contributed by atoms with van der Waals surface area (Å²) in [5, 5.41) is 13.4. The maximum Gasteiger partial charge on any atom is 0.137 e. The summed E-state index contributed by atoms with van der Waals surface area (Å²) in [7, 11) is 0. The molecule has 0 N–H and O–H groups in total. The summed E-state index contributed by atoms with van der Waals surface area (Å²) in [5.41, 5.74) is 1.31. The number of hydrogen-bond donors (Lipinski definition) is 0. The van der Waals surface area contributed by atoms with Gasteiger partial charge in [-0.25, -0.2) is 9.37 Å². The largest absolute Gasteiger partial charge is 0.294 e. The molecular weight excluding hydrogens is 281 g/mol. The summed E-state index contributed by atoms with van der Waals surface area (Å²) in [6.45, 7) is 2.45. The van der Waals surface area contributed by atoms with Gasteiger partial charge in [-0.05, 0) is 37.1 Å². The lowest BCUT2D eigenvalue weighted by atomic mass is 10.00. The third kappa shape index (κ3) is 3.31. The molecule has 1 saturated heterocycles. The molecule has 1 aromatic carbocycles. The topological polar surface area (TPSA) is 57.7 Å². The van der Waals surface area contributed by atoms with Crippen LogP contribution in [-0.4, -0.2) is 32.3 Å². The van der Waals surface area contributed by atoms with Crippen LogP contribution >= 0.6 is 0 Å². The van der Waals surface area contributed by atoms with Gasteiger partial charge in [-0.3, -0.25) is 9.58 Å². The van der Waals surface area contributed by atoms with E-state index in [1.807, 2.05) is 4.68 Å². The Morgan fingerprint density at radius 2 is 2.27 bits per heavy atom. The number of nitriles is 1. The van der Waals surface area contributed by atoms with Crippen LogP contribution in [0.3, 0.4) is 0 Å². The van der Waals surface area contributed by atoms with E-state index in [4.69, 9.17) is 0 Å². The van der Waals surface area contributed by atoms with Crippen LogP contribution < -0.4 is 0 Å². The van der Waals surface area contributed by atoms with Crippen molar-refractivity contribution in [1.82, 2.24) is 19.7 Å². The molecule has 2 aromatic rings. The highest BCUT2D eigenvalue weighted by molar-refractivity contribution is 5.37. The zero-order valence-electron chi connectivity index (χ0n) is 12.3. The monoisotopic (exact) mass is 299 g/mol. The molecule has 0 unspecified atom stereocenters. The Labute approximate surface area is 129 Å². The van der Waals surface area contributed by atoms with Gasteiger partial charge in [-0.1, -0.05) is 12.5 Å². The van der Waals surface area contributed by atoms with Crippen molar-refractivity contribution in [2.24, 2.45) is 0 Å². The maximum atomic E-state index is 13.3. The third-order valence-corrected chi connectivity index (χ3v) is 4.18. The van der Waals surface area contributed by atoms with Gasteiger partial charge in [0, 0.05) is 12.6 Å². The van der Waals surface area contributed by atoms with Gasteiger partial charge >= 0.3 is 0 Å². The van der Waals surface area contributed by atoms with Gasteiger partial charge in [0.15, 0.2) is 0 Å². The number of hydrogen-bond acceptors (Lipinski definition) is 4. The van der Waals surface area contributed by atoms with Crippen molar-refractivity contribution in [2.75, 3.05) is 6.54 Å². The molecule has 1 fully saturated rings. The van der Waals surface area contributed by atoms with Gasteiger partial charge < -0.3 is 0 Å². The number of benzene rings is 1. The molecule has 22 heavy (non-hydrogen) atoms. The van der Waals surface area contributed by atoms with Crippen molar-refractivity contribution >= 4 is 0 Å². The normalized spacial score (nSPS) is 19.0. The van der Waals surface area contributed by atoms with Gasteiger partial charge in [0.1, 0.15) is 18.5 Å². The summed E-state index contributed by atoms with van der Waals surface area (Å²) in [4.78, 5) is 6.34. The van der Waals surface area contributed by atoms with Crippen LogP contribution in [-0.2, 0) is 13.1 Å². The van der Waals surface area contributed by atoms with Gasteiger partial charge in [0.2, 0.25) is 0 Å². The maximum absolute atomic E-state index is 13.3. The molecule has 0 radical (unpaired) electrons. The lowest BCUT2D eigenvalue weighted by Gasteiger charge is -2.35. The van der Waals surface area contributed by atoms with Crippen molar-refractivity contribution in [2.45, 2.75) is 38.4 Å². The zero-order valence-corrected chi connectivity index (χ0v) is 12.3. The lowest BCUT2D eigenvalue weighted by molar-refractivity contribution is 0.122. The fraction of sp³-hybridized carbons (Fsp3) is 0.438. The van der Waals surface area contributed by atoms with Gasteiger partial charge in [0.25, 0.3) is 0 Å². The first-order chi connectivity index (χ1) is 10.8. The predicted octanol–water partition coefficient (Wildman–Crippen LogP) is 2.34. The fourth-order valence-corrected chi connectivity index (χ4v) is 3.03. The second-order valence-electron chi connectivity index (χ2n) is 5.65. The third-order valence-electron chi connectivity index (χ3n) is 4.18. The minimum Gasteiger partial charge on any atom is -0.294 e. The van der Waals surface area contributed by atoms with Crippen molar-refractivity contribution < 1.29 is 4.39 Å². The summed E-state index contributed by atoms with van der Waals surface area (Å²) < 4.78 is 15.1. The molecule has 0 saturated carbocycles. The molecule has 0 aliphatic carbocycles. The van der Waals surface area contributed by atoms with Gasteiger partial charge in [0.05, 0.1) is 18.2 Å². The van der Waals surface area contributed by atoms with Crippen LogP contribution in [0.25, 0.3) is 0 Å². The molecular formula is C16H18FN5. The molecule has 1 aliphatic rings. The Morgan fingerprint density at radius 3 is 3.05 bits per heavy atom. The van der Waals surface area contributed by atoms with E-state index in [-0.39, 0.29) is 5.82 Å². The van der Waals surface area contributed by atoms with Crippen LogP contribution in [0.1, 0.15) is 30.4 Å². The molecule has 5 nitrogen and oxygen atoms in total. The quantitative estimate of drug-likeness (QED) is 0.869. The Bertz CT molecular complexity index is 662. The van der Waals surface area contributed by atoms with Crippen LogP contribution in [0.2, 0.25) is 0 Å². The highest BCUT2D eigenvalue weighted by Gasteiger charge is 2.23. The van der Waals surface area contributed by atoms with E-state index in [9.17, 15) is 9.65 Å². The first-order valence-electron chi connectivity index (χ1n) is 7.51. The van der Waals surface area contributed by atoms with Gasteiger partial charge in [-0.15, -0.1) is 0 Å². The Kier molecular flexibility index (Phi) is 4.45. The van der Waals surface area contributed by atoms with Crippen LogP contribution in [0.5, 0.6) is 0 Å². The Hall–Kier alpha value is -2.26. The number of aromatic nitrogens is 3. The second-order valence-corrected chi connectivity index (χ2v) is 5.65. The molecule has 0 spiro atoms. The first kappa shape index (κ1) is 14.7. The molecule has 0 amide bonds. The highest BCUT2D eigenvalue weighted by atomic mass is 19.1. The Balaban J connectivity index is 1.75. The number of likely N-dealkylation sites (tertiary alicyclic amines) is 1. The molecule has 1 aliphatic heterocycles. The average Bonchev–Trinajstić information content (AvgIpc) is 3.04. The minimum atomic E-state index is -0.363. The van der Waals surface area contributed by atoms with Crippen molar-refractivity contribution in [3.8, 4) is 6.07 Å². The lowest BCUT2D eigenvalue weighted by Crippen LogP contribution is -2.41. The molecule has 1 atom stereocenters. The highest BCUT2D eigenvalue weighted by Crippen LogP contribution is 2.22. The van der Waals surface area contributed by atoms with E-state index in [1.54, 1.807) is 18.7 Å². The van der Waals surface area contributed by atoms with E-state index in [1.165, 1.54) is 18.6 Å². The van der Waals surface area contributed by atoms with Crippen LogP contribution in [0, 0.1) is 17.1 Å². The van der Waals surface area contributed by atoms with Crippen LogP contribution in [0.15, 0.2) is 30.9 Å². The number of halogens is 1. The second kappa shape index (κ2) is 6.67. The first-order valence-corrected chi connectivity index (χ1v) is 7.51.